The van der Waals surface area contributed by atoms with E-state index in [2.05, 4.69) is 0 Å². The number of carbonyl (C=O) groups is 1. The van der Waals surface area contributed by atoms with Crippen LogP contribution in [0.3, 0.4) is 0 Å². The van der Waals surface area contributed by atoms with Crippen LogP contribution in [0.2, 0.25) is 0 Å². The van der Waals surface area contributed by atoms with Gasteiger partial charge in [-0.05, 0) is 32.1 Å². The second-order valence-electron chi connectivity index (χ2n) is 5.63. The Kier molecular flexibility index (Phi) is 4.91. The Labute approximate surface area is 115 Å². The number of amides is 1. The summed E-state index contributed by atoms with van der Waals surface area (Å²) in [5, 5.41) is 0. The molecule has 2 aliphatic rings. The molecule has 2 rings (SSSR count). The number of hydrogen-bond donors (Lipinski definition) is 0. The van der Waals surface area contributed by atoms with Crippen molar-refractivity contribution in [2.24, 2.45) is 0 Å². The summed E-state index contributed by atoms with van der Waals surface area (Å²) in [6, 6.07) is 0.422. The topological polar surface area (TPSA) is 29.5 Å². The first-order valence-corrected chi connectivity index (χ1v) is 7.65. The van der Waals surface area contributed by atoms with Gasteiger partial charge in [0, 0.05) is 25.6 Å². The Morgan fingerprint density at radius 2 is 2.00 bits per heavy atom. The van der Waals surface area contributed by atoms with Crippen molar-refractivity contribution in [3.8, 4) is 0 Å². The Bertz CT molecular complexity index is 280. The number of carbonyl (C=O) groups excluding carboxylic acids is 1. The van der Waals surface area contributed by atoms with Gasteiger partial charge < -0.3 is 9.64 Å². The van der Waals surface area contributed by atoms with E-state index in [9.17, 15) is 4.79 Å². The van der Waals surface area contributed by atoms with Crippen LogP contribution in [0.15, 0.2) is 0 Å². The largest absolute Gasteiger partial charge is 0.378 e. The van der Waals surface area contributed by atoms with Gasteiger partial charge in [-0.25, -0.2) is 0 Å². The number of alkyl halides is 1. The van der Waals surface area contributed by atoms with Gasteiger partial charge >= 0.3 is 0 Å². The number of nitrogens with zero attached hydrogens (tertiary/aromatic N) is 1. The number of halogens is 1. The van der Waals surface area contributed by atoms with Crippen molar-refractivity contribution in [1.82, 2.24) is 4.90 Å². The average Bonchev–Trinajstić information content (AvgIpc) is 2.84. The first-order valence-electron chi connectivity index (χ1n) is 7.11. The van der Waals surface area contributed by atoms with Gasteiger partial charge in [0.05, 0.1) is 12.0 Å². The van der Waals surface area contributed by atoms with Crippen LogP contribution < -0.4 is 0 Å². The summed E-state index contributed by atoms with van der Waals surface area (Å²) in [6.07, 6.45) is 8.53. The van der Waals surface area contributed by atoms with Crippen LogP contribution >= 0.6 is 11.6 Å². The molecule has 0 saturated heterocycles. The maximum absolute atomic E-state index is 12.5. The Hall–Kier alpha value is -0.280. The second-order valence-corrected chi connectivity index (χ2v) is 6.01. The molecule has 0 aromatic heterocycles. The van der Waals surface area contributed by atoms with Crippen molar-refractivity contribution in [3.63, 3.8) is 0 Å². The van der Waals surface area contributed by atoms with E-state index < -0.39 is 0 Å². The van der Waals surface area contributed by atoms with E-state index in [1.165, 1.54) is 19.3 Å². The standard InChI is InChI=1S/C14H24ClNO2/c1-18-14(7-4-8-14)11-13(17)16(10-9-15)12-5-2-3-6-12/h12H,2-11H2,1H3. The lowest BCUT2D eigenvalue weighted by Gasteiger charge is -2.42. The summed E-state index contributed by atoms with van der Waals surface area (Å²) in [5.41, 5.74) is -0.166. The molecule has 0 aromatic carbocycles. The molecular weight excluding hydrogens is 250 g/mol. The van der Waals surface area contributed by atoms with Crippen LogP contribution in [0.1, 0.15) is 51.4 Å². The van der Waals surface area contributed by atoms with Crippen molar-refractivity contribution < 1.29 is 9.53 Å². The second kappa shape index (κ2) is 6.25. The monoisotopic (exact) mass is 273 g/mol. The van der Waals surface area contributed by atoms with Crippen molar-refractivity contribution in [1.29, 1.82) is 0 Å². The summed E-state index contributed by atoms with van der Waals surface area (Å²) in [4.78, 5) is 14.5. The van der Waals surface area contributed by atoms with Crippen LogP contribution in [0.4, 0.5) is 0 Å². The van der Waals surface area contributed by atoms with E-state index in [0.29, 0.717) is 24.9 Å². The Morgan fingerprint density at radius 3 is 2.44 bits per heavy atom. The lowest BCUT2D eigenvalue weighted by Crippen LogP contribution is -2.48. The molecule has 2 saturated carbocycles. The van der Waals surface area contributed by atoms with Crippen LogP contribution in [-0.4, -0.2) is 42.0 Å². The van der Waals surface area contributed by atoms with Crippen molar-refractivity contribution >= 4 is 17.5 Å². The minimum atomic E-state index is -0.166. The van der Waals surface area contributed by atoms with Gasteiger partial charge in [-0.15, -0.1) is 11.6 Å². The fourth-order valence-corrected chi connectivity index (χ4v) is 3.40. The van der Waals surface area contributed by atoms with Crippen molar-refractivity contribution in [2.45, 2.75) is 63.0 Å². The van der Waals surface area contributed by atoms with E-state index in [-0.39, 0.29) is 11.5 Å². The summed E-state index contributed by atoms with van der Waals surface area (Å²) in [6.45, 7) is 0.685. The van der Waals surface area contributed by atoms with Crippen LogP contribution in [-0.2, 0) is 9.53 Å². The van der Waals surface area contributed by atoms with Crippen molar-refractivity contribution in [3.05, 3.63) is 0 Å². The summed E-state index contributed by atoms with van der Waals surface area (Å²) in [7, 11) is 1.73. The number of rotatable bonds is 6. The molecule has 0 spiro atoms. The maximum atomic E-state index is 12.5. The van der Waals surface area contributed by atoms with Crippen LogP contribution in [0, 0.1) is 0 Å². The molecule has 0 atom stereocenters. The third-order valence-electron chi connectivity index (χ3n) is 4.58. The highest BCUT2D eigenvalue weighted by Crippen LogP contribution is 2.39. The minimum Gasteiger partial charge on any atom is -0.378 e. The van der Waals surface area contributed by atoms with E-state index in [1.807, 2.05) is 4.90 Å². The van der Waals surface area contributed by atoms with E-state index >= 15 is 0 Å². The minimum absolute atomic E-state index is 0.166. The molecule has 0 unspecified atom stereocenters. The highest BCUT2D eigenvalue weighted by Gasteiger charge is 2.41. The van der Waals surface area contributed by atoms with Gasteiger partial charge in [-0.1, -0.05) is 12.8 Å². The normalized spacial score (nSPS) is 22.8. The van der Waals surface area contributed by atoms with E-state index in [1.54, 1.807) is 7.11 Å². The summed E-state index contributed by atoms with van der Waals surface area (Å²) in [5.74, 6) is 0.770. The molecule has 0 heterocycles. The van der Waals surface area contributed by atoms with Crippen molar-refractivity contribution in [2.75, 3.05) is 19.5 Å². The molecule has 0 aromatic rings. The lowest BCUT2D eigenvalue weighted by atomic mass is 9.77. The zero-order chi connectivity index (χ0) is 13.0. The number of ether oxygens (including phenoxy) is 1. The molecule has 0 radical (unpaired) electrons. The molecule has 0 bridgehead atoms. The smallest absolute Gasteiger partial charge is 0.225 e. The maximum Gasteiger partial charge on any atom is 0.225 e. The Balaban J connectivity index is 1.94. The molecule has 2 fully saturated rings. The third-order valence-corrected chi connectivity index (χ3v) is 4.75. The van der Waals surface area contributed by atoms with E-state index in [0.717, 1.165) is 25.7 Å². The van der Waals surface area contributed by atoms with Gasteiger partial charge in [0.25, 0.3) is 0 Å². The van der Waals surface area contributed by atoms with Gasteiger partial charge in [-0.3, -0.25) is 4.79 Å². The first kappa shape index (κ1) is 14.1. The third kappa shape index (κ3) is 3.00. The molecule has 0 aliphatic heterocycles. The fraction of sp³-hybridized carbons (Fsp3) is 0.929. The highest BCUT2D eigenvalue weighted by molar-refractivity contribution is 6.18. The van der Waals surface area contributed by atoms with Gasteiger partial charge in [0.15, 0.2) is 0 Å². The first-order chi connectivity index (χ1) is 8.71. The SMILES string of the molecule is COC1(CC(=O)N(CCCl)C2CCCC2)CCC1. The molecule has 18 heavy (non-hydrogen) atoms. The van der Waals surface area contributed by atoms with E-state index in [4.69, 9.17) is 16.3 Å². The predicted molar refractivity (Wildman–Crippen MR) is 72.9 cm³/mol. The van der Waals surface area contributed by atoms with Crippen LogP contribution in [0.5, 0.6) is 0 Å². The Morgan fingerprint density at radius 1 is 1.33 bits per heavy atom. The molecule has 0 N–H and O–H groups in total. The predicted octanol–water partition coefficient (Wildman–Crippen LogP) is 2.96. The number of methoxy groups -OCH3 is 1. The zero-order valence-electron chi connectivity index (χ0n) is 11.3. The van der Waals surface area contributed by atoms with Gasteiger partial charge in [-0.2, -0.15) is 0 Å². The van der Waals surface area contributed by atoms with Gasteiger partial charge in [0.2, 0.25) is 5.91 Å². The average molecular weight is 274 g/mol. The summed E-state index contributed by atoms with van der Waals surface area (Å²) < 4.78 is 5.55. The molecule has 2 aliphatic carbocycles. The molecular formula is C14H24ClNO2. The molecule has 104 valence electrons. The molecule has 1 amide bonds. The zero-order valence-corrected chi connectivity index (χ0v) is 12.0. The van der Waals surface area contributed by atoms with Gasteiger partial charge in [0.1, 0.15) is 0 Å². The molecule has 3 nitrogen and oxygen atoms in total. The fourth-order valence-electron chi connectivity index (χ4n) is 3.22. The summed E-state index contributed by atoms with van der Waals surface area (Å²) >= 11 is 5.85. The molecule has 4 heteroatoms. The number of hydrogen-bond acceptors (Lipinski definition) is 2. The quantitative estimate of drug-likeness (QED) is 0.697. The highest BCUT2D eigenvalue weighted by atomic mass is 35.5. The van der Waals surface area contributed by atoms with Crippen LogP contribution in [0.25, 0.3) is 0 Å². The lowest BCUT2D eigenvalue weighted by molar-refractivity contribution is -0.146.